The van der Waals surface area contributed by atoms with E-state index in [-0.39, 0.29) is 0 Å². The van der Waals surface area contributed by atoms with Gasteiger partial charge in [-0.25, -0.2) is 0 Å². The lowest BCUT2D eigenvalue weighted by atomic mass is 9.95. The van der Waals surface area contributed by atoms with E-state index >= 15 is 4.57 Å². The molecule has 0 spiro atoms. The van der Waals surface area contributed by atoms with E-state index in [0.717, 1.165) is 87.6 Å². The van der Waals surface area contributed by atoms with E-state index in [0.29, 0.717) is 0 Å². The van der Waals surface area contributed by atoms with Crippen LogP contribution in [0.5, 0.6) is 0 Å². The van der Waals surface area contributed by atoms with Crippen LogP contribution in [0.15, 0.2) is 231 Å². The van der Waals surface area contributed by atoms with E-state index in [1.54, 1.807) is 0 Å². The number of nitrogens with zero attached hydrogens (tertiary/aromatic N) is 1. The van der Waals surface area contributed by atoms with Gasteiger partial charge in [0.15, 0.2) is 7.14 Å². The van der Waals surface area contributed by atoms with Gasteiger partial charge in [-0.15, -0.1) is 0 Å². The van der Waals surface area contributed by atoms with Gasteiger partial charge < -0.3 is 9.13 Å². The maximum Gasteiger partial charge on any atom is 0.172 e. The summed E-state index contributed by atoms with van der Waals surface area (Å²) < 4.78 is 18.8. The van der Waals surface area contributed by atoms with Crippen molar-refractivity contribution in [2.75, 3.05) is 0 Å². The number of rotatable bonds is 6. The fourth-order valence-corrected chi connectivity index (χ4v) is 12.9. The molecular formula is C58H38NOP. The highest BCUT2D eigenvalue weighted by atomic mass is 31.2. The molecule has 1 aliphatic heterocycles. The first kappa shape index (κ1) is 35.4. The van der Waals surface area contributed by atoms with Crippen LogP contribution in [0, 0.1) is 0 Å². The van der Waals surface area contributed by atoms with Crippen LogP contribution in [0.1, 0.15) is 0 Å². The molecule has 0 N–H and O–H groups in total. The minimum absolute atomic E-state index is 0.858. The van der Waals surface area contributed by atoms with Crippen LogP contribution in [-0.2, 0) is 4.57 Å². The Balaban J connectivity index is 1.11. The standard InChI is InChI=1S/C58H38NOP/c60-61(50-20-8-3-9-21-50)56-38-46-19-11-10-18-45(46)37-53(56)51-32-33-55-57(58(51)61)52-22-12-13-23-54(52)59(55)49-35-47(43-28-24-41(25-29-43)39-14-4-1-5-15-39)34-48(36-49)44-30-26-42(27-31-44)40-16-6-2-7-17-40/h1-38H. The first-order chi connectivity index (χ1) is 30.1. The van der Waals surface area contributed by atoms with Gasteiger partial charge in [-0.2, -0.15) is 0 Å². The molecule has 11 aromatic rings. The molecule has 3 heteroatoms. The van der Waals surface area contributed by atoms with E-state index in [4.69, 9.17) is 0 Å². The third-order valence-corrected chi connectivity index (χ3v) is 15.7. The monoisotopic (exact) mass is 795 g/mol. The Morgan fingerprint density at radius 3 is 1.41 bits per heavy atom. The SMILES string of the molecule is O=P1(c2ccccc2)c2cc3ccccc3cc2-c2ccc3c(c21)c1ccccc1n3-c1cc(-c2ccc(-c3ccccc3)cc2)cc(-c2ccc(-c3ccccc3)cc2)c1. The van der Waals surface area contributed by atoms with Crippen molar-refractivity contribution in [3.05, 3.63) is 231 Å². The summed E-state index contributed by atoms with van der Waals surface area (Å²) in [7, 11) is -3.32. The minimum Gasteiger partial charge on any atom is -0.309 e. The summed E-state index contributed by atoms with van der Waals surface area (Å²) in [5.74, 6) is 0. The number of para-hydroxylation sites is 1. The van der Waals surface area contributed by atoms with Crippen LogP contribution < -0.4 is 15.9 Å². The molecule has 0 aliphatic carbocycles. The van der Waals surface area contributed by atoms with E-state index < -0.39 is 7.14 Å². The molecule has 0 radical (unpaired) electrons. The molecule has 10 aromatic carbocycles. The predicted octanol–water partition coefficient (Wildman–Crippen LogP) is 14.2. The lowest BCUT2D eigenvalue weighted by Gasteiger charge is -2.18. The summed E-state index contributed by atoms with van der Waals surface area (Å²) in [6.45, 7) is 0. The second kappa shape index (κ2) is 14.1. The van der Waals surface area contributed by atoms with Crippen LogP contribution >= 0.6 is 7.14 Å². The molecule has 0 saturated heterocycles. The number of aromatic nitrogens is 1. The highest BCUT2D eigenvalue weighted by Gasteiger charge is 2.43. The summed E-state index contributed by atoms with van der Waals surface area (Å²) in [6, 6.07) is 82.0. The fourth-order valence-electron chi connectivity index (χ4n) is 9.64. The first-order valence-corrected chi connectivity index (χ1v) is 22.6. The summed E-state index contributed by atoms with van der Waals surface area (Å²) in [5, 5.41) is 7.09. The van der Waals surface area contributed by atoms with Gasteiger partial charge in [0.2, 0.25) is 0 Å². The van der Waals surface area contributed by atoms with Crippen molar-refractivity contribution < 1.29 is 4.57 Å². The van der Waals surface area contributed by atoms with E-state index in [9.17, 15) is 0 Å². The largest absolute Gasteiger partial charge is 0.309 e. The third-order valence-electron chi connectivity index (χ3n) is 12.6. The molecule has 1 atom stereocenters. The van der Waals surface area contributed by atoms with Crippen molar-refractivity contribution in [2.45, 2.75) is 0 Å². The molecule has 12 rings (SSSR count). The molecule has 2 heterocycles. The van der Waals surface area contributed by atoms with E-state index in [2.05, 4.69) is 217 Å². The second-order valence-electron chi connectivity index (χ2n) is 16.0. The zero-order valence-electron chi connectivity index (χ0n) is 33.2. The molecule has 286 valence electrons. The number of hydrogen-bond donors (Lipinski definition) is 0. The van der Waals surface area contributed by atoms with Crippen LogP contribution in [0.2, 0.25) is 0 Å². The van der Waals surface area contributed by atoms with Crippen molar-refractivity contribution in [3.8, 4) is 61.3 Å². The molecule has 1 aromatic heterocycles. The normalized spacial score (nSPS) is 14.4. The van der Waals surface area contributed by atoms with Crippen molar-refractivity contribution in [3.63, 3.8) is 0 Å². The van der Waals surface area contributed by atoms with Gasteiger partial charge in [-0.1, -0.05) is 188 Å². The number of benzene rings is 10. The Hall–Kier alpha value is -7.51. The van der Waals surface area contributed by atoms with Crippen LogP contribution in [0.4, 0.5) is 0 Å². The molecule has 61 heavy (non-hydrogen) atoms. The Labute approximate surface area is 355 Å². The van der Waals surface area contributed by atoms with Gasteiger partial charge in [0.25, 0.3) is 0 Å². The zero-order valence-corrected chi connectivity index (χ0v) is 34.1. The van der Waals surface area contributed by atoms with Gasteiger partial charge >= 0.3 is 0 Å². The smallest absolute Gasteiger partial charge is 0.172 e. The Bertz CT molecular complexity index is 3420. The van der Waals surface area contributed by atoms with Gasteiger partial charge in [0, 0.05) is 32.4 Å². The van der Waals surface area contributed by atoms with Crippen LogP contribution in [-0.4, -0.2) is 4.57 Å². The van der Waals surface area contributed by atoms with Crippen molar-refractivity contribution >= 4 is 55.6 Å². The Morgan fingerprint density at radius 1 is 0.344 bits per heavy atom. The average Bonchev–Trinajstić information content (AvgIpc) is 3.80. The quantitative estimate of drug-likeness (QED) is 0.154. The molecule has 1 aliphatic rings. The highest BCUT2D eigenvalue weighted by Crippen LogP contribution is 2.56. The van der Waals surface area contributed by atoms with Crippen molar-refractivity contribution in [2.24, 2.45) is 0 Å². The first-order valence-electron chi connectivity index (χ1n) is 20.9. The Kier molecular flexibility index (Phi) is 8.17. The van der Waals surface area contributed by atoms with Crippen LogP contribution in [0.3, 0.4) is 0 Å². The second-order valence-corrected chi connectivity index (χ2v) is 18.7. The van der Waals surface area contributed by atoms with Gasteiger partial charge in [-0.05, 0) is 109 Å². The summed E-state index contributed by atoms with van der Waals surface area (Å²) in [6.07, 6.45) is 0. The molecule has 0 saturated carbocycles. The highest BCUT2D eigenvalue weighted by molar-refractivity contribution is 7.87. The summed E-state index contributed by atoms with van der Waals surface area (Å²) >= 11 is 0. The maximum absolute atomic E-state index is 16.4. The third kappa shape index (κ3) is 5.68. The summed E-state index contributed by atoms with van der Waals surface area (Å²) in [4.78, 5) is 0. The Morgan fingerprint density at radius 2 is 0.820 bits per heavy atom. The van der Waals surface area contributed by atoms with Gasteiger partial charge in [0.05, 0.1) is 11.0 Å². The maximum atomic E-state index is 16.4. The topological polar surface area (TPSA) is 22.0 Å². The van der Waals surface area contributed by atoms with E-state index in [1.165, 1.54) is 22.3 Å². The van der Waals surface area contributed by atoms with Gasteiger partial charge in [0.1, 0.15) is 0 Å². The molecule has 0 fully saturated rings. The van der Waals surface area contributed by atoms with E-state index in [1.807, 2.05) is 18.2 Å². The molecule has 1 unspecified atom stereocenters. The number of fused-ring (bicyclic) bond motifs is 8. The van der Waals surface area contributed by atoms with Crippen LogP contribution in [0.25, 0.3) is 93.9 Å². The lowest BCUT2D eigenvalue weighted by molar-refractivity contribution is 0.593. The molecule has 0 amide bonds. The predicted molar refractivity (Wildman–Crippen MR) is 258 cm³/mol. The zero-order chi connectivity index (χ0) is 40.5. The van der Waals surface area contributed by atoms with Gasteiger partial charge in [-0.3, -0.25) is 0 Å². The van der Waals surface area contributed by atoms with Crippen molar-refractivity contribution in [1.29, 1.82) is 0 Å². The average molecular weight is 796 g/mol. The molecule has 2 nitrogen and oxygen atoms in total. The van der Waals surface area contributed by atoms with Crippen molar-refractivity contribution in [1.82, 2.24) is 4.57 Å². The minimum atomic E-state index is -3.32. The summed E-state index contributed by atoms with van der Waals surface area (Å²) in [5.41, 5.74) is 14.6. The molecule has 0 bridgehead atoms. The lowest BCUT2D eigenvalue weighted by Crippen LogP contribution is -2.21. The number of hydrogen-bond acceptors (Lipinski definition) is 1. The fraction of sp³-hybridized carbons (Fsp3) is 0. The molecular weight excluding hydrogens is 758 g/mol.